The summed E-state index contributed by atoms with van der Waals surface area (Å²) in [6.07, 6.45) is 5.33. The van der Waals surface area contributed by atoms with Crippen molar-refractivity contribution in [3.63, 3.8) is 0 Å². The second kappa shape index (κ2) is 6.97. The Hall–Kier alpha value is 0.290. The number of halogens is 1. The van der Waals surface area contributed by atoms with Crippen LogP contribution < -0.4 is 0 Å². The van der Waals surface area contributed by atoms with E-state index in [9.17, 15) is 0 Å². The van der Waals surface area contributed by atoms with Gasteiger partial charge in [0.25, 0.3) is 0 Å². The summed E-state index contributed by atoms with van der Waals surface area (Å²) in [5, 5.41) is 0. The highest BCUT2D eigenvalue weighted by Gasteiger charge is 2.04. The van der Waals surface area contributed by atoms with Crippen LogP contribution in [0.25, 0.3) is 0 Å². The van der Waals surface area contributed by atoms with E-state index in [-0.39, 0.29) is 0 Å². The zero-order valence-corrected chi connectivity index (χ0v) is 8.82. The summed E-state index contributed by atoms with van der Waals surface area (Å²) in [6, 6.07) is 0. The highest BCUT2D eigenvalue weighted by molar-refractivity contribution is 6.18. The van der Waals surface area contributed by atoms with Crippen LogP contribution in [0.1, 0.15) is 46.5 Å². The zero-order chi connectivity index (χ0) is 8.69. The zero-order valence-electron chi connectivity index (χ0n) is 8.07. The summed E-state index contributed by atoms with van der Waals surface area (Å²) in [5.41, 5.74) is 0. The van der Waals surface area contributed by atoms with Gasteiger partial charge in [-0.3, -0.25) is 0 Å². The lowest BCUT2D eigenvalue weighted by Crippen LogP contribution is -2.01. The highest BCUT2D eigenvalue weighted by Crippen LogP contribution is 2.16. The summed E-state index contributed by atoms with van der Waals surface area (Å²) in [4.78, 5) is 0. The molecule has 0 aliphatic rings. The van der Waals surface area contributed by atoms with Gasteiger partial charge >= 0.3 is 0 Å². The van der Waals surface area contributed by atoms with Gasteiger partial charge in [-0.25, -0.2) is 0 Å². The molecular formula is C10H21Cl. The Labute approximate surface area is 76.3 Å². The van der Waals surface area contributed by atoms with Gasteiger partial charge in [0.1, 0.15) is 0 Å². The lowest BCUT2D eigenvalue weighted by molar-refractivity contribution is 0.427. The predicted molar refractivity (Wildman–Crippen MR) is 53.2 cm³/mol. The van der Waals surface area contributed by atoms with Crippen LogP contribution in [-0.2, 0) is 0 Å². The molecule has 0 heterocycles. The first-order chi connectivity index (χ1) is 5.20. The molecule has 0 amide bonds. The van der Waals surface area contributed by atoms with E-state index in [4.69, 9.17) is 11.6 Å². The molecule has 0 N–H and O–H groups in total. The second-order valence-corrected chi connectivity index (χ2v) is 4.04. The number of hydrogen-bond donors (Lipinski definition) is 0. The van der Waals surface area contributed by atoms with Gasteiger partial charge in [0, 0.05) is 5.88 Å². The molecule has 2 atom stereocenters. The molecule has 68 valence electrons. The Kier molecular flexibility index (Phi) is 7.15. The van der Waals surface area contributed by atoms with Gasteiger partial charge in [-0.2, -0.15) is 0 Å². The minimum absolute atomic E-state index is 0.705. The summed E-state index contributed by atoms with van der Waals surface area (Å²) >= 11 is 5.71. The number of alkyl halides is 1. The first kappa shape index (κ1) is 11.3. The van der Waals surface area contributed by atoms with Crippen molar-refractivity contribution in [1.29, 1.82) is 0 Å². The van der Waals surface area contributed by atoms with E-state index in [0.29, 0.717) is 5.92 Å². The van der Waals surface area contributed by atoms with Gasteiger partial charge in [0.15, 0.2) is 0 Å². The van der Waals surface area contributed by atoms with E-state index < -0.39 is 0 Å². The Balaban J connectivity index is 3.22. The normalized spacial score (nSPS) is 16.4. The van der Waals surface area contributed by atoms with Crippen molar-refractivity contribution in [3.8, 4) is 0 Å². The number of rotatable bonds is 6. The summed E-state index contributed by atoms with van der Waals surface area (Å²) in [6.45, 7) is 6.82. The molecule has 0 saturated heterocycles. The van der Waals surface area contributed by atoms with E-state index >= 15 is 0 Å². The molecule has 0 aliphatic carbocycles. The molecule has 0 bridgehead atoms. The van der Waals surface area contributed by atoms with Crippen LogP contribution in [0.3, 0.4) is 0 Å². The largest absolute Gasteiger partial charge is 0.126 e. The minimum atomic E-state index is 0.705. The molecule has 0 nitrogen and oxygen atoms in total. The van der Waals surface area contributed by atoms with E-state index in [1.54, 1.807) is 0 Å². The lowest BCUT2D eigenvalue weighted by atomic mass is 9.96. The molecule has 0 saturated carbocycles. The molecule has 11 heavy (non-hydrogen) atoms. The first-order valence-electron chi connectivity index (χ1n) is 4.76. The molecule has 0 aromatic rings. The molecule has 0 radical (unpaired) electrons. The van der Waals surface area contributed by atoms with Gasteiger partial charge < -0.3 is 0 Å². The minimum Gasteiger partial charge on any atom is -0.126 e. The first-order valence-corrected chi connectivity index (χ1v) is 5.30. The maximum absolute atomic E-state index is 5.71. The molecule has 0 aromatic carbocycles. The fourth-order valence-electron chi connectivity index (χ4n) is 1.28. The molecule has 0 fully saturated rings. The van der Waals surface area contributed by atoms with Crippen molar-refractivity contribution >= 4 is 11.6 Å². The van der Waals surface area contributed by atoms with Crippen LogP contribution in [-0.4, -0.2) is 5.88 Å². The maximum Gasteiger partial charge on any atom is 0.0249 e. The topological polar surface area (TPSA) is 0 Å². The van der Waals surface area contributed by atoms with Gasteiger partial charge in [-0.05, 0) is 18.3 Å². The van der Waals surface area contributed by atoms with Gasteiger partial charge in [0.2, 0.25) is 0 Å². The van der Waals surface area contributed by atoms with Crippen molar-refractivity contribution in [3.05, 3.63) is 0 Å². The Morgan fingerprint density at radius 3 is 2.00 bits per heavy atom. The van der Waals surface area contributed by atoms with Crippen molar-refractivity contribution < 1.29 is 0 Å². The van der Waals surface area contributed by atoms with Gasteiger partial charge in [-0.1, -0.05) is 40.0 Å². The smallest absolute Gasteiger partial charge is 0.0249 e. The monoisotopic (exact) mass is 176 g/mol. The fraction of sp³-hybridized carbons (Fsp3) is 1.00. The molecule has 0 rings (SSSR count). The molecule has 0 aliphatic heterocycles. The lowest BCUT2D eigenvalue weighted by Gasteiger charge is -2.12. The van der Waals surface area contributed by atoms with Crippen molar-refractivity contribution in [2.75, 3.05) is 5.88 Å². The van der Waals surface area contributed by atoms with E-state index in [2.05, 4.69) is 20.8 Å². The fourth-order valence-corrected chi connectivity index (χ4v) is 1.44. The Bertz CT molecular complexity index is 80.9. The summed E-state index contributed by atoms with van der Waals surface area (Å²) in [7, 11) is 0. The number of hydrogen-bond acceptors (Lipinski definition) is 0. The summed E-state index contributed by atoms with van der Waals surface area (Å²) < 4.78 is 0. The van der Waals surface area contributed by atoms with E-state index in [0.717, 1.165) is 11.8 Å². The maximum atomic E-state index is 5.71. The van der Waals surface area contributed by atoms with Crippen molar-refractivity contribution in [2.24, 2.45) is 11.8 Å². The van der Waals surface area contributed by atoms with Crippen LogP contribution in [0, 0.1) is 11.8 Å². The van der Waals surface area contributed by atoms with Crippen LogP contribution in [0.2, 0.25) is 0 Å². The predicted octanol–water partition coefficient (Wildman–Crippen LogP) is 4.08. The molecule has 2 unspecified atom stereocenters. The van der Waals surface area contributed by atoms with Crippen LogP contribution >= 0.6 is 11.6 Å². The third-order valence-electron chi connectivity index (χ3n) is 2.20. The second-order valence-electron chi connectivity index (χ2n) is 3.73. The SMILES string of the molecule is CCCC(C)CCC(C)CCl. The highest BCUT2D eigenvalue weighted by atomic mass is 35.5. The van der Waals surface area contributed by atoms with E-state index in [1.807, 2.05) is 0 Å². The molecular weight excluding hydrogens is 156 g/mol. The van der Waals surface area contributed by atoms with Crippen LogP contribution in [0.5, 0.6) is 0 Å². The van der Waals surface area contributed by atoms with Crippen LogP contribution in [0.4, 0.5) is 0 Å². The quantitative estimate of drug-likeness (QED) is 0.535. The standard InChI is InChI=1S/C10H21Cl/c1-4-5-9(2)6-7-10(3)8-11/h9-10H,4-8H2,1-3H3. The third-order valence-corrected chi connectivity index (χ3v) is 2.72. The average Bonchev–Trinajstić information content (AvgIpc) is 2.01. The Morgan fingerprint density at radius 1 is 1.00 bits per heavy atom. The molecule has 0 aromatic heterocycles. The van der Waals surface area contributed by atoms with Crippen molar-refractivity contribution in [1.82, 2.24) is 0 Å². The molecule has 0 spiro atoms. The van der Waals surface area contributed by atoms with Crippen molar-refractivity contribution in [2.45, 2.75) is 46.5 Å². The average molecular weight is 177 g/mol. The summed E-state index contributed by atoms with van der Waals surface area (Å²) in [5.74, 6) is 2.42. The third kappa shape index (κ3) is 6.68. The van der Waals surface area contributed by atoms with Gasteiger partial charge in [-0.15, -0.1) is 11.6 Å². The van der Waals surface area contributed by atoms with Gasteiger partial charge in [0.05, 0.1) is 0 Å². The Morgan fingerprint density at radius 2 is 1.55 bits per heavy atom. The van der Waals surface area contributed by atoms with E-state index in [1.165, 1.54) is 25.7 Å². The molecule has 1 heteroatoms. The van der Waals surface area contributed by atoms with Crippen LogP contribution in [0.15, 0.2) is 0 Å².